The molecule has 5 aliphatic heterocycles. The number of ether oxygens (including phenoxy) is 1. The van der Waals surface area contributed by atoms with Crippen LogP contribution in [0.25, 0.3) is 0 Å². The van der Waals surface area contributed by atoms with E-state index in [9.17, 15) is 14.4 Å². The molecule has 0 unspecified atom stereocenters. The summed E-state index contributed by atoms with van der Waals surface area (Å²) in [7, 11) is 3.66. The van der Waals surface area contributed by atoms with Crippen LogP contribution in [0.3, 0.4) is 0 Å². The minimum Gasteiger partial charge on any atom is -0.450 e. The van der Waals surface area contributed by atoms with Gasteiger partial charge in [0.25, 0.3) is 0 Å². The molecule has 2 spiro atoms. The van der Waals surface area contributed by atoms with Gasteiger partial charge in [-0.3, -0.25) is 9.69 Å². The smallest absolute Gasteiger partial charge is 0.409 e. The first-order valence-corrected chi connectivity index (χ1v) is 22.1. The lowest BCUT2D eigenvalue weighted by molar-refractivity contribution is -0.116. The van der Waals surface area contributed by atoms with E-state index < -0.39 is 0 Å². The number of amides is 4. The zero-order chi connectivity index (χ0) is 39.1. The Hall–Kier alpha value is -3.63. The van der Waals surface area contributed by atoms with Gasteiger partial charge in [-0.15, -0.1) is 0 Å². The van der Waals surface area contributed by atoms with Crippen LogP contribution in [-0.4, -0.2) is 116 Å². The Balaban J connectivity index is 0.000000196. The molecular formula is C46H70N6O4. The zero-order valence-corrected chi connectivity index (χ0v) is 34.6. The number of benzene rings is 2. The van der Waals surface area contributed by atoms with E-state index in [1.807, 2.05) is 36.9 Å². The molecule has 4 fully saturated rings. The van der Waals surface area contributed by atoms with Crippen LogP contribution in [0.4, 0.5) is 21.0 Å². The van der Waals surface area contributed by atoms with Crippen molar-refractivity contribution in [3.63, 3.8) is 0 Å². The molecule has 1 aliphatic carbocycles. The van der Waals surface area contributed by atoms with Gasteiger partial charge < -0.3 is 29.7 Å². The van der Waals surface area contributed by atoms with Crippen molar-refractivity contribution >= 4 is 29.4 Å². The van der Waals surface area contributed by atoms with Crippen LogP contribution < -0.4 is 10.2 Å². The number of carbonyl (C=O) groups excluding carboxylic acids is 3. The Morgan fingerprint density at radius 2 is 1.29 bits per heavy atom. The van der Waals surface area contributed by atoms with E-state index in [1.54, 1.807) is 4.90 Å². The van der Waals surface area contributed by atoms with E-state index in [0.29, 0.717) is 19.1 Å². The Kier molecular flexibility index (Phi) is 13.3. The maximum atomic E-state index is 12.9. The summed E-state index contributed by atoms with van der Waals surface area (Å²) in [4.78, 5) is 47.9. The largest absolute Gasteiger partial charge is 0.450 e. The lowest BCUT2D eigenvalue weighted by Gasteiger charge is -2.46. The van der Waals surface area contributed by atoms with Crippen molar-refractivity contribution in [1.82, 2.24) is 19.6 Å². The van der Waals surface area contributed by atoms with E-state index in [0.717, 1.165) is 95.1 Å². The first-order valence-electron chi connectivity index (χ1n) is 22.1. The van der Waals surface area contributed by atoms with Crippen LogP contribution in [0.1, 0.15) is 122 Å². The van der Waals surface area contributed by atoms with Crippen LogP contribution in [0.5, 0.6) is 0 Å². The summed E-state index contributed by atoms with van der Waals surface area (Å²) in [6, 6.07) is 18.5. The number of hydrogen-bond donors (Lipinski definition) is 1. The quantitative estimate of drug-likeness (QED) is 0.315. The summed E-state index contributed by atoms with van der Waals surface area (Å²) in [6.45, 7) is 9.22. The maximum Gasteiger partial charge on any atom is 0.409 e. The van der Waals surface area contributed by atoms with Gasteiger partial charge >= 0.3 is 12.1 Å². The predicted octanol–water partition coefficient (Wildman–Crippen LogP) is 8.64. The Bertz CT molecular complexity index is 1640. The summed E-state index contributed by atoms with van der Waals surface area (Å²) in [6.07, 6.45) is 18.8. The summed E-state index contributed by atoms with van der Waals surface area (Å²) in [5.74, 6) is 0.186. The number of likely N-dealkylation sites (tertiary alicyclic amines) is 3. The highest BCUT2D eigenvalue weighted by Crippen LogP contribution is 2.47. The molecule has 5 heterocycles. The molecule has 0 atom stereocenters. The second-order valence-corrected chi connectivity index (χ2v) is 17.7. The highest BCUT2D eigenvalue weighted by molar-refractivity contribution is 5.93. The minimum absolute atomic E-state index is 0. The molecule has 1 N–H and O–H groups in total. The van der Waals surface area contributed by atoms with Crippen molar-refractivity contribution in [3.05, 3.63) is 59.7 Å². The maximum absolute atomic E-state index is 12.9. The van der Waals surface area contributed by atoms with Crippen molar-refractivity contribution in [2.75, 3.05) is 76.7 Å². The Labute approximate surface area is 337 Å². The van der Waals surface area contributed by atoms with E-state index >= 15 is 0 Å². The number of rotatable bonds is 3. The third kappa shape index (κ3) is 8.91. The lowest BCUT2D eigenvalue weighted by atomic mass is 9.69. The van der Waals surface area contributed by atoms with Gasteiger partial charge in [-0.2, -0.15) is 0 Å². The number of nitrogens with one attached hydrogen (secondary N) is 1. The molecule has 2 aromatic carbocycles. The second-order valence-electron chi connectivity index (χ2n) is 17.7. The van der Waals surface area contributed by atoms with Gasteiger partial charge in [-0.25, -0.2) is 9.59 Å². The predicted molar refractivity (Wildman–Crippen MR) is 227 cm³/mol. The van der Waals surface area contributed by atoms with Crippen LogP contribution in [0, 0.1) is 0 Å². The number of nitrogens with zero attached hydrogens (tertiary/aromatic N) is 5. The van der Waals surface area contributed by atoms with Crippen molar-refractivity contribution in [2.24, 2.45) is 0 Å². The molecule has 10 heteroatoms. The van der Waals surface area contributed by atoms with Gasteiger partial charge in [0.1, 0.15) is 0 Å². The number of carbonyl (C=O) groups is 3. The van der Waals surface area contributed by atoms with E-state index in [1.165, 1.54) is 75.6 Å². The number of fused-ring (bicyclic) bond motifs is 4. The Morgan fingerprint density at radius 3 is 1.91 bits per heavy atom. The fourth-order valence-electron chi connectivity index (χ4n) is 11.1. The topological polar surface area (TPSA) is 88.7 Å². The molecule has 4 amide bonds. The van der Waals surface area contributed by atoms with Gasteiger partial charge in [-0.05, 0) is 132 Å². The SMILES string of the molecule is CCOC(=O)N1CCC(N2CCC3(CCCN(C(=O)N(C)C)c4ccccc43)CC2)CC1.O=C1CCC2(CCN(C3CCCCCC3)CC2)c2ccccc2N1.[HH]. The van der Waals surface area contributed by atoms with Gasteiger partial charge in [0, 0.05) is 70.5 Å². The monoisotopic (exact) mass is 771 g/mol. The molecule has 10 nitrogen and oxygen atoms in total. The minimum atomic E-state index is -0.171. The van der Waals surface area contributed by atoms with Crippen LogP contribution in [-0.2, 0) is 20.4 Å². The molecule has 3 saturated heterocycles. The van der Waals surface area contributed by atoms with Crippen molar-refractivity contribution in [3.8, 4) is 0 Å². The van der Waals surface area contributed by atoms with E-state index in [2.05, 4.69) is 57.6 Å². The molecule has 1 saturated carbocycles. The molecule has 2 aromatic rings. The van der Waals surface area contributed by atoms with Crippen molar-refractivity contribution < 1.29 is 20.5 Å². The lowest BCUT2D eigenvalue weighted by Crippen LogP contribution is -2.51. The first-order chi connectivity index (χ1) is 27.2. The molecule has 0 radical (unpaired) electrons. The summed E-state index contributed by atoms with van der Waals surface area (Å²) >= 11 is 0. The molecule has 8 rings (SSSR count). The normalized spacial score (nSPS) is 23.4. The standard InChI is InChI=1S/C25H38N4O3.C21H30N2O.H2/c1-4-32-24(31)28-16-10-20(11-17-28)27-18-13-25(14-19-27)12-7-15-29(23(30)26(2)3)22-9-6-5-8-21(22)25;24-20-11-12-21(18-9-5-6-10-19(18)22-20)13-15-23(16-14-21)17-7-3-1-2-4-8-17;/h5-6,8-9,20H,4,7,10-19H2,1-3H3;5-6,9-10,17H,1-4,7-8,11-16H2,(H,22,24);1H. The van der Waals surface area contributed by atoms with Crippen LogP contribution >= 0.6 is 0 Å². The summed E-state index contributed by atoms with van der Waals surface area (Å²) < 4.78 is 5.16. The first kappa shape index (κ1) is 40.6. The fraction of sp³-hybridized carbons (Fsp3) is 0.674. The Morgan fingerprint density at radius 1 is 0.714 bits per heavy atom. The van der Waals surface area contributed by atoms with Crippen LogP contribution in [0.2, 0.25) is 0 Å². The second kappa shape index (κ2) is 18.3. The van der Waals surface area contributed by atoms with Gasteiger partial charge in [0.05, 0.1) is 6.61 Å². The zero-order valence-electron chi connectivity index (χ0n) is 34.6. The highest BCUT2D eigenvalue weighted by Gasteiger charge is 2.43. The molecular weight excluding hydrogens is 701 g/mol. The van der Waals surface area contributed by atoms with Crippen molar-refractivity contribution in [2.45, 2.75) is 133 Å². The summed E-state index contributed by atoms with van der Waals surface area (Å²) in [5.41, 5.74) is 5.25. The number of anilines is 2. The molecule has 56 heavy (non-hydrogen) atoms. The molecule has 0 bridgehead atoms. The number of urea groups is 1. The van der Waals surface area contributed by atoms with E-state index in [-0.39, 0.29) is 30.3 Å². The number of piperidine rings is 3. The van der Waals surface area contributed by atoms with Crippen molar-refractivity contribution in [1.29, 1.82) is 0 Å². The van der Waals surface area contributed by atoms with Gasteiger partial charge in [0.2, 0.25) is 5.91 Å². The van der Waals surface area contributed by atoms with Crippen LogP contribution in [0.15, 0.2) is 48.5 Å². The fourth-order valence-corrected chi connectivity index (χ4v) is 11.1. The molecule has 6 aliphatic rings. The average Bonchev–Trinajstić information content (AvgIpc) is 3.65. The summed E-state index contributed by atoms with van der Waals surface area (Å²) in [5, 5.41) is 3.12. The van der Waals surface area contributed by atoms with Gasteiger partial charge in [0.15, 0.2) is 0 Å². The average molecular weight is 771 g/mol. The third-order valence-corrected chi connectivity index (χ3v) is 14.4. The van der Waals surface area contributed by atoms with E-state index in [4.69, 9.17) is 4.74 Å². The van der Waals surface area contributed by atoms with Gasteiger partial charge in [-0.1, -0.05) is 62.1 Å². The number of para-hydroxylation sites is 2. The molecule has 0 aromatic heterocycles. The molecule has 308 valence electrons. The number of hydrogen-bond acceptors (Lipinski definition) is 6. The highest BCUT2D eigenvalue weighted by atomic mass is 16.6. The third-order valence-electron chi connectivity index (χ3n) is 14.4.